The predicted molar refractivity (Wildman–Crippen MR) is 126 cm³/mol. The van der Waals surface area contributed by atoms with E-state index in [4.69, 9.17) is 14.2 Å². The molecule has 2 aromatic carbocycles. The van der Waals surface area contributed by atoms with E-state index in [2.05, 4.69) is 15.8 Å². The Hall–Kier alpha value is -3.22. The van der Waals surface area contributed by atoms with Crippen molar-refractivity contribution < 1.29 is 19.0 Å². The Morgan fingerprint density at radius 3 is 2.50 bits per heavy atom. The molecule has 1 aliphatic rings. The molecule has 3 rings (SSSR count). The van der Waals surface area contributed by atoms with E-state index in [1.165, 1.54) is 24.8 Å². The average Bonchev–Trinajstić information content (AvgIpc) is 2.80. The molecule has 7 heteroatoms. The molecule has 1 saturated carbocycles. The molecule has 7 nitrogen and oxygen atoms in total. The lowest BCUT2D eigenvalue weighted by Crippen LogP contribution is -2.41. The van der Waals surface area contributed by atoms with E-state index < -0.39 is 0 Å². The molecule has 2 aromatic rings. The summed E-state index contributed by atoms with van der Waals surface area (Å²) in [6.07, 6.45) is 7.24. The molecule has 0 atom stereocenters. The molecular weight excluding hydrogens is 406 g/mol. The van der Waals surface area contributed by atoms with Gasteiger partial charge in [0.2, 0.25) is 0 Å². The zero-order valence-electron chi connectivity index (χ0n) is 18.9. The molecule has 0 spiro atoms. The lowest BCUT2D eigenvalue weighted by Gasteiger charge is -2.22. The maximum atomic E-state index is 12.0. The van der Waals surface area contributed by atoms with Gasteiger partial charge in [-0.2, -0.15) is 5.10 Å². The molecule has 2 amide bonds. The lowest BCUT2D eigenvalue weighted by atomic mass is 9.96. The quantitative estimate of drug-likeness (QED) is 0.316. The maximum absolute atomic E-state index is 12.0. The second kappa shape index (κ2) is 12.6. The third-order valence-corrected chi connectivity index (χ3v) is 5.22. The number of hydrazone groups is 1. The van der Waals surface area contributed by atoms with Crippen LogP contribution in [0, 0.1) is 6.92 Å². The van der Waals surface area contributed by atoms with E-state index >= 15 is 0 Å². The number of carbonyl (C=O) groups is 1. The molecule has 32 heavy (non-hydrogen) atoms. The van der Waals surface area contributed by atoms with Crippen LogP contribution in [-0.4, -0.2) is 38.1 Å². The van der Waals surface area contributed by atoms with Crippen LogP contribution in [0.1, 0.15) is 50.2 Å². The molecule has 1 fully saturated rings. The number of amides is 2. The number of carbonyl (C=O) groups excluding carboxylic acids is 1. The van der Waals surface area contributed by atoms with E-state index in [-0.39, 0.29) is 12.1 Å². The number of nitrogens with zero attached hydrogens (tertiary/aromatic N) is 1. The molecule has 1 aliphatic carbocycles. The molecule has 0 aromatic heterocycles. The first-order valence-electron chi connectivity index (χ1n) is 11.3. The molecule has 0 bridgehead atoms. The Morgan fingerprint density at radius 1 is 1.00 bits per heavy atom. The Morgan fingerprint density at radius 2 is 1.75 bits per heavy atom. The van der Waals surface area contributed by atoms with Crippen LogP contribution in [0.4, 0.5) is 4.79 Å². The summed E-state index contributed by atoms with van der Waals surface area (Å²) in [5.41, 5.74) is 4.53. The number of rotatable bonds is 10. The van der Waals surface area contributed by atoms with Gasteiger partial charge in [-0.3, -0.25) is 0 Å². The van der Waals surface area contributed by atoms with Crippen molar-refractivity contribution in [1.82, 2.24) is 10.7 Å². The smallest absolute Gasteiger partial charge is 0.335 e. The van der Waals surface area contributed by atoms with E-state index in [0.29, 0.717) is 31.3 Å². The van der Waals surface area contributed by atoms with Crippen LogP contribution >= 0.6 is 0 Å². The summed E-state index contributed by atoms with van der Waals surface area (Å²) in [7, 11) is 0. The first kappa shape index (κ1) is 23.4. The van der Waals surface area contributed by atoms with Gasteiger partial charge in [0, 0.05) is 6.04 Å². The van der Waals surface area contributed by atoms with Crippen molar-refractivity contribution in [2.24, 2.45) is 5.10 Å². The minimum Gasteiger partial charge on any atom is -0.490 e. The number of ether oxygens (including phenoxy) is 3. The van der Waals surface area contributed by atoms with Gasteiger partial charge in [-0.1, -0.05) is 37.0 Å². The molecule has 0 unspecified atom stereocenters. The number of nitrogens with one attached hydrogen (secondary N) is 2. The van der Waals surface area contributed by atoms with Gasteiger partial charge in [-0.05, 0) is 62.6 Å². The zero-order valence-corrected chi connectivity index (χ0v) is 18.9. The Kier molecular flexibility index (Phi) is 9.22. The summed E-state index contributed by atoms with van der Waals surface area (Å²) in [5.74, 6) is 2.08. The van der Waals surface area contributed by atoms with E-state index in [1.807, 2.05) is 56.3 Å². The first-order chi connectivity index (χ1) is 15.6. The van der Waals surface area contributed by atoms with Gasteiger partial charge in [0.1, 0.15) is 19.0 Å². The van der Waals surface area contributed by atoms with Gasteiger partial charge < -0.3 is 19.5 Å². The SMILES string of the molecule is CCOc1cc(/C=N/NC(=O)NC2CCCCC2)ccc1OCCOc1ccc(C)cc1. The van der Waals surface area contributed by atoms with Gasteiger partial charge in [0.15, 0.2) is 11.5 Å². The summed E-state index contributed by atoms with van der Waals surface area (Å²) in [6, 6.07) is 13.4. The summed E-state index contributed by atoms with van der Waals surface area (Å²) in [5, 5.41) is 7.02. The van der Waals surface area contributed by atoms with E-state index in [0.717, 1.165) is 24.2 Å². The number of hydrogen-bond acceptors (Lipinski definition) is 5. The van der Waals surface area contributed by atoms with E-state index in [9.17, 15) is 4.79 Å². The highest BCUT2D eigenvalue weighted by molar-refractivity contribution is 5.82. The van der Waals surface area contributed by atoms with Crippen LogP contribution in [0.15, 0.2) is 47.6 Å². The van der Waals surface area contributed by atoms with Crippen molar-refractivity contribution in [1.29, 1.82) is 0 Å². The van der Waals surface area contributed by atoms with Gasteiger partial charge >= 0.3 is 6.03 Å². The summed E-state index contributed by atoms with van der Waals surface area (Å²) in [6.45, 7) is 5.29. The fourth-order valence-electron chi connectivity index (χ4n) is 3.57. The molecule has 0 radical (unpaired) electrons. The highest BCUT2D eigenvalue weighted by Crippen LogP contribution is 2.28. The van der Waals surface area contributed by atoms with Crippen molar-refractivity contribution in [3.63, 3.8) is 0 Å². The fourth-order valence-corrected chi connectivity index (χ4v) is 3.57. The van der Waals surface area contributed by atoms with E-state index in [1.54, 1.807) is 6.21 Å². The normalized spacial score (nSPS) is 14.2. The van der Waals surface area contributed by atoms with Crippen LogP contribution in [0.25, 0.3) is 0 Å². The highest BCUT2D eigenvalue weighted by Gasteiger charge is 2.15. The standard InChI is InChI=1S/C25H33N3O4/c1-3-30-24-17-20(18-26-28-25(29)27-21-7-5-4-6-8-21)11-14-23(24)32-16-15-31-22-12-9-19(2)10-13-22/h9-14,17-18,21H,3-8,15-16H2,1-2H3,(H2,27,28,29)/b26-18+. The van der Waals surface area contributed by atoms with Crippen molar-refractivity contribution in [2.45, 2.75) is 52.0 Å². The van der Waals surface area contributed by atoms with Gasteiger partial charge in [0.05, 0.1) is 12.8 Å². The zero-order chi connectivity index (χ0) is 22.6. The van der Waals surface area contributed by atoms with Crippen molar-refractivity contribution in [2.75, 3.05) is 19.8 Å². The average molecular weight is 440 g/mol. The summed E-state index contributed by atoms with van der Waals surface area (Å²) < 4.78 is 17.3. The van der Waals surface area contributed by atoms with Gasteiger partial charge in [-0.15, -0.1) is 0 Å². The van der Waals surface area contributed by atoms with Gasteiger partial charge in [-0.25, -0.2) is 10.2 Å². The van der Waals surface area contributed by atoms with Crippen LogP contribution in [0.5, 0.6) is 17.2 Å². The summed E-state index contributed by atoms with van der Waals surface area (Å²) >= 11 is 0. The number of hydrogen-bond donors (Lipinski definition) is 2. The minimum atomic E-state index is -0.272. The Bertz CT molecular complexity index is 877. The third kappa shape index (κ3) is 7.80. The molecule has 0 saturated heterocycles. The largest absolute Gasteiger partial charge is 0.490 e. The second-order valence-electron chi connectivity index (χ2n) is 7.83. The fraction of sp³-hybridized carbons (Fsp3) is 0.440. The lowest BCUT2D eigenvalue weighted by molar-refractivity contribution is 0.208. The molecule has 0 heterocycles. The van der Waals surface area contributed by atoms with Crippen LogP contribution in [-0.2, 0) is 0 Å². The minimum absolute atomic E-state index is 0.245. The Balaban J connectivity index is 1.47. The van der Waals surface area contributed by atoms with Crippen molar-refractivity contribution in [3.8, 4) is 17.2 Å². The van der Waals surface area contributed by atoms with Crippen molar-refractivity contribution in [3.05, 3.63) is 53.6 Å². The van der Waals surface area contributed by atoms with Crippen molar-refractivity contribution >= 4 is 12.2 Å². The number of aryl methyl sites for hydroxylation is 1. The maximum Gasteiger partial charge on any atom is 0.335 e. The highest BCUT2D eigenvalue weighted by atomic mass is 16.5. The third-order valence-electron chi connectivity index (χ3n) is 5.22. The molecule has 0 aliphatic heterocycles. The van der Waals surface area contributed by atoms with Crippen LogP contribution in [0.2, 0.25) is 0 Å². The molecule has 2 N–H and O–H groups in total. The van der Waals surface area contributed by atoms with Crippen LogP contribution in [0.3, 0.4) is 0 Å². The molecular formula is C25H33N3O4. The molecule has 172 valence electrons. The number of benzene rings is 2. The first-order valence-corrected chi connectivity index (χ1v) is 11.3. The van der Waals surface area contributed by atoms with Crippen LogP contribution < -0.4 is 25.0 Å². The van der Waals surface area contributed by atoms with Gasteiger partial charge in [0.25, 0.3) is 0 Å². The monoisotopic (exact) mass is 439 g/mol. The Labute approximate surface area is 190 Å². The second-order valence-corrected chi connectivity index (χ2v) is 7.83. The number of urea groups is 1. The summed E-state index contributed by atoms with van der Waals surface area (Å²) in [4.78, 5) is 12.0. The predicted octanol–water partition coefficient (Wildman–Crippen LogP) is 4.82. The topological polar surface area (TPSA) is 81.2 Å².